The van der Waals surface area contributed by atoms with Gasteiger partial charge < -0.3 is 5.32 Å². The standard InChI is InChI=1S/C7H6ClN3/c1-6(8)4-11-5-7(2-9)3-10/h5,11H,1,4H2. The van der Waals surface area contributed by atoms with Crippen molar-refractivity contribution < 1.29 is 0 Å². The van der Waals surface area contributed by atoms with Gasteiger partial charge in [0.05, 0.1) is 0 Å². The second-order valence-electron chi connectivity index (χ2n) is 1.68. The molecule has 0 aliphatic rings. The molecular formula is C7H6ClN3. The van der Waals surface area contributed by atoms with E-state index in [1.807, 2.05) is 0 Å². The lowest BCUT2D eigenvalue weighted by Crippen LogP contribution is -2.07. The van der Waals surface area contributed by atoms with Crippen LogP contribution in [-0.4, -0.2) is 6.54 Å². The highest BCUT2D eigenvalue weighted by molar-refractivity contribution is 6.29. The van der Waals surface area contributed by atoms with Crippen molar-refractivity contribution >= 4 is 11.6 Å². The van der Waals surface area contributed by atoms with E-state index < -0.39 is 0 Å². The molecule has 0 aliphatic heterocycles. The van der Waals surface area contributed by atoms with Crippen molar-refractivity contribution in [2.75, 3.05) is 6.54 Å². The van der Waals surface area contributed by atoms with Crippen LogP contribution in [-0.2, 0) is 0 Å². The smallest absolute Gasteiger partial charge is 0.145 e. The van der Waals surface area contributed by atoms with Crippen molar-refractivity contribution in [3.8, 4) is 12.1 Å². The quantitative estimate of drug-likeness (QED) is 0.644. The van der Waals surface area contributed by atoms with Crippen LogP contribution in [0.3, 0.4) is 0 Å². The highest BCUT2D eigenvalue weighted by Gasteiger charge is 1.89. The number of nitriles is 2. The first kappa shape index (κ1) is 9.55. The van der Waals surface area contributed by atoms with Crippen LogP contribution in [0.5, 0.6) is 0 Å². The van der Waals surface area contributed by atoms with Crippen molar-refractivity contribution in [1.29, 1.82) is 10.5 Å². The van der Waals surface area contributed by atoms with Gasteiger partial charge in [-0.3, -0.25) is 0 Å². The van der Waals surface area contributed by atoms with E-state index in [4.69, 9.17) is 22.1 Å². The lowest BCUT2D eigenvalue weighted by atomic mass is 10.3. The number of hydrogen-bond donors (Lipinski definition) is 1. The van der Waals surface area contributed by atoms with E-state index in [-0.39, 0.29) is 5.57 Å². The number of rotatable bonds is 3. The van der Waals surface area contributed by atoms with Gasteiger partial charge in [-0.2, -0.15) is 10.5 Å². The molecule has 0 aromatic carbocycles. The molecule has 0 spiro atoms. The summed E-state index contributed by atoms with van der Waals surface area (Å²) in [5, 5.41) is 19.6. The Kier molecular flexibility index (Phi) is 4.64. The summed E-state index contributed by atoms with van der Waals surface area (Å²) in [6, 6.07) is 3.38. The molecule has 1 N–H and O–H groups in total. The first-order chi connectivity index (χ1) is 5.20. The second kappa shape index (κ2) is 5.34. The maximum atomic E-state index is 8.26. The summed E-state index contributed by atoms with van der Waals surface area (Å²) in [5.41, 5.74) is 0.0166. The van der Waals surface area contributed by atoms with Crippen molar-refractivity contribution in [2.45, 2.75) is 0 Å². The summed E-state index contributed by atoms with van der Waals surface area (Å²) in [6.45, 7) is 3.77. The number of nitrogens with zero attached hydrogens (tertiary/aromatic N) is 2. The summed E-state index contributed by atoms with van der Waals surface area (Å²) in [4.78, 5) is 0. The lowest BCUT2D eigenvalue weighted by molar-refractivity contribution is 0.971. The van der Waals surface area contributed by atoms with E-state index in [2.05, 4.69) is 11.9 Å². The number of hydrogen-bond acceptors (Lipinski definition) is 3. The lowest BCUT2D eigenvalue weighted by Gasteiger charge is -1.94. The molecule has 0 saturated carbocycles. The largest absolute Gasteiger partial charge is 0.384 e. The molecule has 4 heteroatoms. The molecule has 0 unspecified atom stereocenters. The van der Waals surface area contributed by atoms with E-state index in [1.165, 1.54) is 6.20 Å². The van der Waals surface area contributed by atoms with E-state index >= 15 is 0 Å². The molecule has 0 aliphatic carbocycles. The number of allylic oxidation sites excluding steroid dienone is 1. The fraction of sp³-hybridized carbons (Fsp3) is 0.143. The Hall–Kier alpha value is -1.45. The molecule has 0 amide bonds. The predicted octanol–water partition coefficient (Wildman–Crippen LogP) is 1.26. The van der Waals surface area contributed by atoms with Gasteiger partial charge in [0.1, 0.15) is 17.7 Å². The molecule has 0 rings (SSSR count). The van der Waals surface area contributed by atoms with Gasteiger partial charge >= 0.3 is 0 Å². The molecule has 0 atom stereocenters. The van der Waals surface area contributed by atoms with Gasteiger partial charge in [-0.05, 0) is 0 Å². The van der Waals surface area contributed by atoms with Crippen LogP contribution >= 0.6 is 11.6 Å². The highest BCUT2D eigenvalue weighted by atomic mass is 35.5. The SMILES string of the molecule is C=C(Cl)CNC=C(C#N)C#N. The zero-order valence-electron chi connectivity index (χ0n) is 5.76. The Labute approximate surface area is 70.2 Å². The Bertz CT molecular complexity index is 238. The van der Waals surface area contributed by atoms with Crippen LogP contribution in [0.2, 0.25) is 0 Å². The molecule has 56 valence electrons. The molecular weight excluding hydrogens is 162 g/mol. The minimum atomic E-state index is 0.0166. The molecule has 3 nitrogen and oxygen atoms in total. The van der Waals surface area contributed by atoms with E-state index in [9.17, 15) is 0 Å². The van der Waals surface area contributed by atoms with Gasteiger partial charge in [0.2, 0.25) is 0 Å². The zero-order chi connectivity index (χ0) is 8.69. The molecule has 0 aromatic rings. The average molecular weight is 168 g/mol. The van der Waals surface area contributed by atoms with Gasteiger partial charge in [-0.15, -0.1) is 0 Å². The van der Waals surface area contributed by atoms with Crippen LogP contribution in [0.4, 0.5) is 0 Å². The van der Waals surface area contributed by atoms with Crippen LogP contribution in [0.25, 0.3) is 0 Å². The van der Waals surface area contributed by atoms with Crippen LogP contribution in [0.15, 0.2) is 23.4 Å². The van der Waals surface area contributed by atoms with Crippen LogP contribution in [0.1, 0.15) is 0 Å². The van der Waals surface area contributed by atoms with Gasteiger partial charge in [0, 0.05) is 17.8 Å². The van der Waals surface area contributed by atoms with E-state index in [1.54, 1.807) is 12.1 Å². The van der Waals surface area contributed by atoms with E-state index in [0.29, 0.717) is 11.6 Å². The Morgan fingerprint density at radius 2 is 2.09 bits per heavy atom. The maximum Gasteiger partial charge on any atom is 0.145 e. The minimum absolute atomic E-state index is 0.0166. The third-order valence-electron chi connectivity index (χ3n) is 0.781. The van der Waals surface area contributed by atoms with Crippen LogP contribution < -0.4 is 5.32 Å². The van der Waals surface area contributed by atoms with Crippen molar-refractivity contribution in [3.63, 3.8) is 0 Å². The summed E-state index contributed by atoms with van der Waals surface area (Å²) in [7, 11) is 0. The van der Waals surface area contributed by atoms with Gasteiger partial charge in [0.15, 0.2) is 0 Å². The van der Waals surface area contributed by atoms with Gasteiger partial charge in [0.25, 0.3) is 0 Å². The molecule has 0 heterocycles. The molecule has 0 fully saturated rings. The normalized spacial score (nSPS) is 7.18. The number of halogens is 1. The topological polar surface area (TPSA) is 59.6 Å². The fourth-order valence-electron chi connectivity index (χ4n) is 0.353. The monoisotopic (exact) mass is 167 g/mol. The number of nitrogens with one attached hydrogen (secondary N) is 1. The van der Waals surface area contributed by atoms with Gasteiger partial charge in [-0.25, -0.2) is 0 Å². The maximum absolute atomic E-state index is 8.26. The first-order valence-electron chi connectivity index (χ1n) is 2.77. The van der Waals surface area contributed by atoms with Gasteiger partial charge in [-0.1, -0.05) is 18.2 Å². The fourth-order valence-corrected chi connectivity index (χ4v) is 0.431. The minimum Gasteiger partial charge on any atom is -0.384 e. The average Bonchev–Trinajstić information content (AvgIpc) is 1.98. The molecule has 0 bridgehead atoms. The molecule has 0 aromatic heterocycles. The summed E-state index contributed by atoms with van der Waals surface area (Å²) >= 11 is 5.40. The Morgan fingerprint density at radius 1 is 1.55 bits per heavy atom. The Balaban J connectivity index is 3.86. The predicted molar refractivity (Wildman–Crippen MR) is 42.3 cm³/mol. The highest BCUT2D eigenvalue weighted by Crippen LogP contribution is 1.93. The summed E-state index contributed by atoms with van der Waals surface area (Å²) in [5.74, 6) is 0. The van der Waals surface area contributed by atoms with Crippen molar-refractivity contribution in [3.05, 3.63) is 23.4 Å². The molecule has 0 saturated heterocycles. The summed E-state index contributed by atoms with van der Waals surface area (Å²) < 4.78 is 0. The van der Waals surface area contributed by atoms with Crippen LogP contribution in [0, 0.1) is 22.7 Å². The molecule has 0 radical (unpaired) electrons. The first-order valence-corrected chi connectivity index (χ1v) is 3.15. The van der Waals surface area contributed by atoms with Crippen molar-refractivity contribution in [1.82, 2.24) is 5.32 Å². The van der Waals surface area contributed by atoms with E-state index in [0.717, 1.165) is 0 Å². The zero-order valence-corrected chi connectivity index (χ0v) is 6.52. The third kappa shape index (κ3) is 5.02. The van der Waals surface area contributed by atoms with Crippen molar-refractivity contribution in [2.24, 2.45) is 0 Å². The summed E-state index contributed by atoms with van der Waals surface area (Å²) in [6.07, 6.45) is 1.30. The second-order valence-corrected chi connectivity index (χ2v) is 2.21. The molecule has 11 heavy (non-hydrogen) atoms. The Morgan fingerprint density at radius 3 is 2.45 bits per heavy atom. The third-order valence-corrected chi connectivity index (χ3v) is 0.915.